The number of nitrogens with one attached hydrogen (secondary N) is 1. The first-order chi connectivity index (χ1) is 9.91. The summed E-state index contributed by atoms with van der Waals surface area (Å²) in [6.07, 6.45) is 1.09. The molecule has 0 radical (unpaired) electrons. The van der Waals surface area contributed by atoms with Gasteiger partial charge >= 0.3 is 0 Å². The van der Waals surface area contributed by atoms with Gasteiger partial charge in [0.25, 0.3) is 11.6 Å². The van der Waals surface area contributed by atoms with Gasteiger partial charge in [-0.15, -0.1) is 0 Å². The Kier molecular flexibility index (Phi) is 4.56. The zero-order valence-electron chi connectivity index (χ0n) is 10.0. The molecular weight excluding hydrogens is 343 g/mol. The van der Waals surface area contributed by atoms with Crippen LogP contribution in [0, 0.1) is 10.1 Å². The molecule has 0 aliphatic rings. The molecule has 0 aliphatic heterocycles. The number of rotatable bonds is 3. The van der Waals surface area contributed by atoms with Crippen LogP contribution in [0.5, 0.6) is 0 Å². The number of nitro benzene ring substituents is 1. The molecule has 0 fully saturated rings. The van der Waals surface area contributed by atoms with Crippen molar-refractivity contribution >= 4 is 52.2 Å². The zero-order chi connectivity index (χ0) is 15.6. The first-order valence-corrected chi connectivity index (χ1v) is 6.45. The molecule has 0 saturated carbocycles. The van der Waals surface area contributed by atoms with E-state index < -0.39 is 16.5 Å². The van der Waals surface area contributed by atoms with Crippen LogP contribution in [-0.4, -0.2) is 20.8 Å². The van der Waals surface area contributed by atoms with E-state index in [-0.39, 0.29) is 26.6 Å². The Balaban J connectivity index is 2.42. The van der Waals surface area contributed by atoms with Gasteiger partial charge in [0.1, 0.15) is 16.9 Å². The molecule has 1 aromatic heterocycles. The van der Waals surface area contributed by atoms with Crippen molar-refractivity contribution in [2.24, 2.45) is 0 Å². The lowest BCUT2D eigenvalue weighted by molar-refractivity contribution is -0.385. The summed E-state index contributed by atoms with van der Waals surface area (Å²) in [5.41, 5.74) is -0.730. The molecule has 2 rings (SSSR count). The first kappa shape index (κ1) is 15.4. The fraction of sp³-hybridized carbons (Fsp3) is 0. The molecule has 0 atom stereocenters. The maximum atomic E-state index is 12.2. The van der Waals surface area contributed by atoms with Crippen LogP contribution in [0.2, 0.25) is 15.2 Å². The molecule has 0 unspecified atom stereocenters. The minimum absolute atomic E-state index is 0.0596. The van der Waals surface area contributed by atoms with Crippen molar-refractivity contribution in [3.63, 3.8) is 0 Å². The number of carbonyl (C=O) groups excluding carboxylic acids is 1. The lowest BCUT2D eigenvalue weighted by Gasteiger charge is -2.08. The standard InChI is InChI=1S/C11H5Cl3N4O3/c12-5-2-1-3-6(18(20)21)7(5)11(19)17-10-8(13)9(14)15-4-16-10/h1-4H,(H,15,16,17,19). The monoisotopic (exact) mass is 346 g/mol. The number of carbonyl (C=O) groups is 1. The Hall–Kier alpha value is -1.96. The van der Waals surface area contributed by atoms with Crippen molar-refractivity contribution in [2.45, 2.75) is 0 Å². The Bertz CT molecular complexity index is 739. The minimum atomic E-state index is -0.830. The van der Waals surface area contributed by atoms with E-state index >= 15 is 0 Å². The topological polar surface area (TPSA) is 98.0 Å². The Morgan fingerprint density at radius 1 is 1.24 bits per heavy atom. The lowest BCUT2D eigenvalue weighted by atomic mass is 10.1. The van der Waals surface area contributed by atoms with Crippen LogP contribution in [0.25, 0.3) is 0 Å². The van der Waals surface area contributed by atoms with Crippen molar-refractivity contribution in [3.8, 4) is 0 Å². The maximum absolute atomic E-state index is 12.2. The number of aromatic nitrogens is 2. The van der Waals surface area contributed by atoms with Crippen molar-refractivity contribution in [1.82, 2.24) is 9.97 Å². The molecule has 2 aromatic rings. The van der Waals surface area contributed by atoms with Crippen molar-refractivity contribution in [1.29, 1.82) is 0 Å². The fourth-order valence-electron chi connectivity index (χ4n) is 1.50. The molecule has 0 spiro atoms. The number of hydrogen-bond acceptors (Lipinski definition) is 5. The van der Waals surface area contributed by atoms with E-state index in [0.29, 0.717) is 0 Å². The lowest BCUT2D eigenvalue weighted by Crippen LogP contribution is -2.16. The van der Waals surface area contributed by atoms with E-state index in [2.05, 4.69) is 15.3 Å². The van der Waals surface area contributed by atoms with Gasteiger partial charge in [0.15, 0.2) is 11.0 Å². The molecular formula is C11H5Cl3N4O3. The second-order valence-corrected chi connectivity index (χ2v) is 4.82. The van der Waals surface area contributed by atoms with Gasteiger partial charge in [-0.05, 0) is 6.07 Å². The summed E-state index contributed by atoms with van der Waals surface area (Å²) in [4.78, 5) is 29.8. The molecule has 108 valence electrons. The van der Waals surface area contributed by atoms with Crippen LogP contribution in [0.15, 0.2) is 24.5 Å². The number of nitro groups is 1. The molecule has 10 heteroatoms. The molecule has 1 heterocycles. The molecule has 1 aromatic carbocycles. The maximum Gasteiger partial charge on any atom is 0.283 e. The van der Waals surface area contributed by atoms with Gasteiger partial charge in [0.05, 0.1) is 9.95 Å². The second kappa shape index (κ2) is 6.21. The number of benzene rings is 1. The van der Waals surface area contributed by atoms with Crippen LogP contribution in [0.3, 0.4) is 0 Å². The first-order valence-electron chi connectivity index (χ1n) is 5.32. The van der Waals surface area contributed by atoms with Crippen LogP contribution < -0.4 is 5.32 Å². The summed E-state index contributed by atoms with van der Waals surface area (Å²) in [7, 11) is 0. The summed E-state index contributed by atoms with van der Waals surface area (Å²) >= 11 is 17.4. The summed E-state index contributed by atoms with van der Waals surface area (Å²) in [6, 6.07) is 3.89. The zero-order valence-corrected chi connectivity index (χ0v) is 12.3. The average Bonchev–Trinajstić information content (AvgIpc) is 2.43. The number of nitrogens with zero attached hydrogens (tertiary/aromatic N) is 3. The highest BCUT2D eigenvalue weighted by molar-refractivity contribution is 6.43. The molecule has 0 aliphatic carbocycles. The van der Waals surface area contributed by atoms with Crippen LogP contribution in [0.1, 0.15) is 10.4 Å². The van der Waals surface area contributed by atoms with E-state index in [1.807, 2.05) is 0 Å². The number of hydrogen-bond donors (Lipinski definition) is 1. The minimum Gasteiger partial charge on any atom is -0.305 e. The van der Waals surface area contributed by atoms with E-state index in [4.69, 9.17) is 34.8 Å². The highest BCUT2D eigenvalue weighted by Crippen LogP contribution is 2.29. The summed E-state index contributed by atoms with van der Waals surface area (Å²) in [5, 5.41) is 13.0. The largest absolute Gasteiger partial charge is 0.305 e. The van der Waals surface area contributed by atoms with E-state index in [1.165, 1.54) is 12.1 Å². The highest BCUT2D eigenvalue weighted by Gasteiger charge is 2.24. The van der Waals surface area contributed by atoms with Crippen LogP contribution in [0.4, 0.5) is 11.5 Å². The SMILES string of the molecule is O=C(Nc1ncnc(Cl)c1Cl)c1c(Cl)cccc1[N+](=O)[O-]. The van der Waals surface area contributed by atoms with E-state index in [1.54, 1.807) is 0 Å². The molecule has 1 N–H and O–H groups in total. The van der Waals surface area contributed by atoms with Crippen LogP contribution in [-0.2, 0) is 0 Å². The van der Waals surface area contributed by atoms with E-state index in [0.717, 1.165) is 12.4 Å². The van der Waals surface area contributed by atoms with Crippen molar-refractivity contribution in [2.75, 3.05) is 5.32 Å². The van der Waals surface area contributed by atoms with Crippen molar-refractivity contribution in [3.05, 3.63) is 55.4 Å². The van der Waals surface area contributed by atoms with Gasteiger partial charge in [0.2, 0.25) is 0 Å². The molecule has 7 nitrogen and oxygen atoms in total. The highest BCUT2D eigenvalue weighted by atomic mass is 35.5. The normalized spacial score (nSPS) is 10.2. The number of halogens is 3. The van der Waals surface area contributed by atoms with Gasteiger partial charge in [0, 0.05) is 6.07 Å². The van der Waals surface area contributed by atoms with Gasteiger partial charge in [-0.3, -0.25) is 14.9 Å². The average molecular weight is 348 g/mol. The van der Waals surface area contributed by atoms with Gasteiger partial charge in [-0.2, -0.15) is 0 Å². The van der Waals surface area contributed by atoms with E-state index in [9.17, 15) is 14.9 Å². The Labute approximate surface area is 133 Å². The molecule has 1 amide bonds. The molecule has 0 saturated heterocycles. The fourth-order valence-corrected chi connectivity index (χ4v) is 2.03. The second-order valence-electron chi connectivity index (χ2n) is 3.67. The van der Waals surface area contributed by atoms with Gasteiger partial charge in [-0.25, -0.2) is 9.97 Å². The summed E-state index contributed by atoms with van der Waals surface area (Å²) < 4.78 is 0. The summed E-state index contributed by atoms with van der Waals surface area (Å²) in [5.74, 6) is -0.903. The Morgan fingerprint density at radius 3 is 2.62 bits per heavy atom. The van der Waals surface area contributed by atoms with Crippen molar-refractivity contribution < 1.29 is 9.72 Å². The third kappa shape index (κ3) is 3.21. The quantitative estimate of drug-likeness (QED) is 0.519. The van der Waals surface area contributed by atoms with Crippen LogP contribution >= 0.6 is 34.8 Å². The predicted molar refractivity (Wildman–Crippen MR) is 78.1 cm³/mol. The van der Waals surface area contributed by atoms with Gasteiger partial charge < -0.3 is 5.32 Å². The van der Waals surface area contributed by atoms with Gasteiger partial charge in [-0.1, -0.05) is 40.9 Å². The number of amides is 1. The predicted octanol–water partition coefficient (Wildman–Crippen LogP) is 3.60. The third-order valence-electron chi connectivity index (χ3n) is 2.39. The number of anilines is 1. The molecule has 21 heavy (non-hydrogen) atoms. The molecule has 0 bridgehead atoms. The smallest absolute Gasteiger partial charge is 0.283 e. The summed E-state index contributed by atoms with van der Waals surface area (Å²) in [6.45, 7) is 0. The third-order valence-corrected chi connectivity index (χ3v) is 3.45. The Morgan fingerprint density at radius 2 is 1.95 bits per heavy atom.